The van der Waals surface area contributed by atoms with Gasteiger partial charge in [-0.25, -0.2) is 0 Å². The Balaban J connectivity index is 3.68. The Morgan fingerprint density at radius 3 is 1.60 bits per heavy atom. The van der Waals surface area contributed by atoms with Gasteiger partial charge in [-0.2, -0.15) is 0 Å². The SMILES string of the molecule is [B]c1c([B])c(C(C)(C)C)c(C)c(C)c1C. The summed E-state index contributed by atoms with van der Waals surface area (Å²) in [5, 5.41) is 0. The number of hydrogen-bond acceptors (Lipinski definition) is 0. The van der Waals surface area contributed by atoms with Crippen molar-refractivity contribution in [2.45, 2.75) is 47.0 Å². The van der Waals surface area contributed by atoms with Crippen LogP contribution < -0.4 is 10.9 Å². The lowest BCUT2D eigenvalue weighted by Crippen LogP contribution is -2.38. The molecule has 0 saturated heterocycles. The number of rotatable bonds is 0. The highest BCUT2D eigenvalue weighted by Gasteiger charge is 2.21. The normalized spacial score (nSPS) is 11.9. The van der Waals surface area contributed by atoms with Gasteiger partial charge < -0.3 is 0 Å². The molecular formula is C13H18B2. The van der Waals surface area contributed by atoms with E-state index in [2.05, 4.69) is 34.6 Å². The molecule has 0 unspecified atom stereocenters. The zero-order valence-electron chi connectivity index (χ0n) is 10.7. The second kappa shape index (κ2) is 3.73. The van der Waals surface area contributed by atoms with Gasteiger partial charge in [0.25, 0.3) is 0 Å². The minimum Gasteiger partial charge on any atom is -0.100 e. The molecule has 0 saturated carbocycles. The van der Waals surface area contributed by atoms with Crippen LogP contribution >= 0.6 is 0 Å². The summed E-state index contributed by atoms with van der Waals surface area (Å²) in [6, 6.07) is 0. The molecule has 1 aromatic carbocycles. The van der Waals surface area contributed by atoms with Crippen LogP contribution in [0.5, 0.6) is 0 Å². The van der Waals surface area contributed by atoms with Gasteiger partial charge in [0.15, 0.2) is 0 Å². The monoisotopic (exact) mass is 196 g/mol. The van der Waals surface area contributed by atoms with Crippen molar-refractivity contribution in [1.82, 2.24) is 0 Å². The van der Waals surface area contributed by atoms with E-state index in [1.807, 2.05) is 6.92 Å². The summed E-state index contributed by atoms with van der Waals surface area (Å²) in [7, 11) is 12.1. The number of hydrogen-bond donors (Lipinski definition) is 0. The minimum atomic E-state index is 0.0424. The Bertz CT molecular complexity index is 369. The van der Waals surface area contributed by atoms with Gasteiger partial charge in [-0.15, -0.1) is 5.46 Å². The van der Waals surface area contributed by atoms with Crippen LogP contribution in [0, 0.1) is 20.8 Å². The highest BCUT2D eigenvalue weighted by Crippen LogP contribution is 2.26. The molecule has 0 aliphatic rings. The van der Waals surface area contributed by atoms with Crippen LogP contribution in [0.4, 0.5) is 0 Å². The van der Waals surface area contributed by atoms with Gasteiger partial charge in [-0.05, 0) is 42.9 Å². The van der Waals surface area contributed by atoms with E-state index in [-0.39, 0.29) is 5.41 Å². The van der Waals surface area contributed by atoms with E-state index < -0.39 is 0 Å². The molecule has 1 rings (SSSR count). The predicted molar refractivity (Wildman–Crippen MR) is 70.1 cm³/mol. The Morgan fingerprint density at radius 1 is 0.733 bits per heavy atom. The summed E-state index contributed by atoms with van der Waals surface area (Å²) in [5.41, 5.74) is 6.35. The van der Waals surface area contributed by atoms with Gasteiger partial charge in [0.1, 0.15) is 15.7 Å². The summed E-state index contributed by atoms with van der Waals surface area (Å²) in [5.74, 6) is 0. The van der Waals surface area contributed by atoms with Crippen LogP contribution in [0.15, 0.2) is 0 Å². The zero-order chi connectivity index (χ0) is 12.0. The average molecular weight is 196 g/mol. The molecule has 15 heavy (non-hydrogen) atoms. The molecule has 4 radical (unpaired) electrons. The first-order chi connectivity index (χ1) is 6.68. The van der Waals surface area contributed by atoms with Crippen LogP contribution in [0.3, 0.4) is 0 Å². The van der Waals surface area contributed by atoms with E-state index in [1.165, 1.54) is 16.7 Å². The molecule has 0 aromatic heterocycles. The van der Waals surface area contributed by atoms with Crippen molar-refractivity contribution in [3.05, 3.63) is 22.3 Å². The third kappa shape index (κ3) is 2.00. The summed E-state index contributed by atoms with van der Waals surface area (Å²) >= 11 is 0. The predicted octanol–water partition coefficient (Wildman–Crippen LogP) is 1.50. The molecule has 0 heterocycles. The lowest BCUT2D eigenvalue weighted by atomic mass is 9.66. The highest BCUT2D eigenvalue weighted by molar-refractivity contribution is 6.50. The highest BCUT2D eigenvalue weighted by atomic mass is 14.2. The summed E-state index contributed by atoms with van der Waals surface area (Å²) in [6.45, 7) is 12.8. The first kappa shape index (κ1) is 12.4. The maximum Gasteiger partial charge on any atom is 0.113 e. The Hall–Kier alpha value is -0.650. The second-order valence-corrected chi connectivity index (χ2v) is 5.33. The Morgan fingerprint density at radius 2 is 1.20 bits per heavy atom. The van der Waals surface area contributed by atoms with E-state index in [0.29, 0.717) is 0 Å². The van der Waals surface area contributed by atoms with Crippen molar-refractivity contribution < 1.29 is 0 Å². The largest absolute Gasteiger partial charge is 0.113 e. The topological polar surface area (TPSA) is 0 Å². The van der Waals surface area contributed by atoms with Gasteiger partial charge in [-0.1, -0.05) is 31.8 Å². The molecular weight excluding hydrogens is 178 g/mol. The van der Waals surface area contributed by atoms with Crippen molar-refractivity contribution in [2.75, 3.05) is 0 Å². The van der Waals surface area contributed by atoms with E-state index >= 15 is 0 Å². The minimum absolute atomic E-state index is 0.0424. The van der Waals surface area contributed by atoms with Crippen LogP contribution in [0.1, 0.15) is 43.0 Å². The second-order valence-electron chi connectivity index (χ2n) is 5.33. The zero-order valence-corrected chi connectivity index (χ0v) is 10.7. The van der Waals surface area contributed by atoms with Crippen LogP contribution in [0.2, 0.25) is 0 Å². The maximum absolute atomic E-state index is 6.11. The molecule has 0 atom stereocenters. The van der Waals surface area contributed by atoms with Gasteiger partial charge in [0, 0.05) is 0 Å². The fourth-order valence-corrected chi connectivity index (χ4v) is 2.18. The molecule has 0 bridgehead atoms. The van der Waals surface area contributed by atoms with E-state index in [4.69, 9.17) is 15.7 Å². The van der Waals surface area contributed by atoms with Gasteiger partial charge in [0.2, 0.25) is 0 Å². The molecule has 0 fully saturated rings. The molecule has 0 aliphatic heterocycles. The van der Waals surface area contributed by atoms with Crippen molar-refractivity contribution in [3.8, 4) is 0 Å². The first-order valence-corrected chi connectivity index (χ1v) is 5.33. The summed E-state index contributed by atoms with van der Waals surface area (Å²) in [6.07, 6.45) is 0. The van der Waals surface area contributed by atoms with E-state index in [9.17, 15) is 0 Å². The fourth-order valence-electron chi connectivity index (χ4n) is 2.18. The van der Waals surface area contributed by atoms with E-state index in [0.717, 1.165) is 16.5 Å². The van der Waals surface area contributed by atoms with Crippen LogP contribution in [-0.2, 0) is 5.41 Å². The lowest BCUT2D eigenvalue weighted by molar-refractivity contribution is 0.589. The standard InChI is InChI=1S/C13H18B2/c1-7-8(2)10(13(4,5)6)12(15)11(14)9(7)3/h1-6H3. The van der Waals surface area contributed by atoms with Crippen LogP contribution in [0.25, 0.3) is 0 Å². The smallest absolute Gasteiger partial charge is 0.100 e. The van der Waals surface area contributed by atoms with Crippen molar-refractivity contribution in [3.63, 3.8) is 0 Å². The van der Waals surface area contributed by atoms with Crippen molar-refractivity contribution in [1.29, 1.82) is 0 Å². The third-order valence-electron chi connectivity index (χ3n) is 3.21. The van der Waals surface area contributed by atoms with Crippen molar-refractivity contribution >= 4 is 26.6 Å². The molecule has 76 valence electrons. The molecule has 0 N–H and O–H groups in total. The Labute approximate surface area is 96.3 Å². The molecule has 0 nitrogen and oxygen atoms in total. The maximum atomic E-state index is 6.11. The quantitative estimate of drug-likeness (QED) is 0.551. The average Bonchev–Trinajstić information content (AvgIpc) is 2.09. The van der Waals surface area contributed by atoms with Gasteiger partial charge in [0.05, 0.1) is 0 Å². The number of benzene rings is 1. The summed E-state index contributed by atoms with van der Waals surface area (Å²) in [4.78, 5) is 0. The molecule has 0 aliphatic carbocycles. The Kier molecular flexibility index (Phi) is 3.09. The van der Waals surface area contributed by atoms with Crippen LogP contribution in [-0.4, -0.2) is 15.7 Å². The molecule has 0 spiro atoms. The molecule has 1 aromatic rings. The molecule has 2 heteroatoms. The van der Waals surface area contributed by atoms with Gasteiger partial charge >= 0.3 is 0 Å². The lowest BCUT2D eigenvalue weighted by Gasteiger charge is -2.29. The summed E-state index contributed by atoms with van der Waals surface area (Å²) < 4.78 is 0. The first-order valence-electron chi connectivity index (χ1n) is 5.33. The van der Waals surface area contributed by atoms with Crippen molar-refractivity contribution in [2.24, 2.45) is 0 Å². The fraction of sp³-hybridized carbons (Fsp3) is 0.538. The van der Waals surface area contributed by atoms with E-state index in [1.54, 1.807) is 0 Å². The molecule has 0 amide bonds. The third-order valence-corrected chi connectivity index (χ3v) is 3.21. The van der Waals surface area contributed by atoms with Gasteiger partial charge in [-0.3, -0.25) is 0 Å².